The van der Waals surface area contributed by atoms with Crippen LogP contribution in [0.15, 0.2) is 24.7 Å². The first kappa shape index (κ1) is 10.1. The standard InChI is InChI=1S/C11H13N5O/c1-12-11(17)8-6-15(7-8)10-9-2-3-14-16(9)5-4-13-10/h2-5,8H,6-7H2,1H3,(H,12,17). The molecule has 2 aromatic rings. The highest BCUT2D eigenvalue weighted by atomic mass is 16.1. The van der Waals surface area contributed by atoms with E-state index >= 15 is 0 Å². The molecule has 0 saturated carbocycles. The Morgan fingerprint density at radius 3 is 3.06 bits per heavy atom. The minimum atomic E-state index is 0.0741. The topological polar surface area (TPSA) is 62.5 Å². The molecule has 1 N–H and O–H groups in total. The van der Waals surface area contributed by atoms with Gasteiger partial charge < -0.3 is 10.2 Å². The van der Waals surface area contributed by atoms with Crippen molar-refractivity contribution in [1.29, 1.82) is 0 Å². The smallest absolute Gasteiger partial charge is 0.226 e. The number of hydrogen-bond acceptors (Lipinski definition) is 4. The maximum Gasteiger partial charge on any atom is 0.226 e. The number of nitrogens with one attached hydrogen (secondary N) is 1. The van der Waals surface area contributed by atoms with Crippen molar-refractivity contribution in [3.8, 4) is 0 Å². The molecule has 6 nitrogen and oxygen atoms in total. The fourth-order valence-corrected chi connectivity index (χ4v) is 2.11. The zero-order valence-electron chi connectivity index (χ0n) is 9.50. The number of rotatable bonds is 2. The molecule has 0 aromatic carbocycles. The first-order valence-corrected chi connectivity index (χ1v) is 5.54. The third-order valence-electron chi connectivity index (χ3n) is 3.10. The van der Waals surface area contributed by atoms with Gasteiger partial charge in [0.2, 0.25) is 5.91 Å². The summed E-state index contributed by atoms with van der Waals surface area (Å²) in [6.45, 7) is 1.44. The van der Waals surface area contributed by atoms with E-state index in [1.165, 1.54) is 0 Å². The number of fused-ring (bicyclic) bond motifs is 1. The molecule has 3 heterocycles. The summed E-state index contributed by atoms with van der Waals surface area (Å²) in [4.78, 5) is 17.9. The number of anilines is 1. The lowest BCUT2D eigenvalue weighted by Crippen LogP contribution is -2.53. The van der Waals surface area contributed by atoms with Gasteiger partial charge in [-0.15, -0.1) is 0 Å². The van der Waals surface area contributed by atoms with Gasteiger partial charge in [0.25, 0.3) is 0 Å². The van der Waals surface area contributed by atoms with Crippen LogP contribution in [0.1, 0.15) is 0 Å². The average Bonchev–Trinajstić information content (AvgIpc) is 2.75. The Bertz CT molecular complexity index is 558. The Balaban J connectivity index is 1.83. The van der Waals surface area contributed by atoms with Crippen LogP contribution in [-0.2, 0) is 4.79 Å². The molecule has 1 amide bonds. The maximum absolute atomic E-state index is 11.4. The lowest BCUT2D eigenvalue weighted by atomic mass is 9.99. The molecule has 17 heavy (non-hydrogen) atoms. The second-order valence-corrected chi connectivity index (χ2v) is 4.13. The van der Waals surface area contributed by atoms with Crippen molar-refractivity contribution in [2.45, 2.75) is 0 Å². The number of nitrogens with zero attached hydrogens (tertiary/aromatic N) is 4. The SMILES string of the molecule is CNC(=O)C1CN(c2nccn3nccc23)C1. The zero-order valence-corrected chi connectivity index (χ0v) is 9.50. The van der Waals surface area contributed by atoms with Gasteiger partial charge in [-0.25, -0.2) is 9.50 Å². The van der Waals surface area contributed by atoms with Gasteiger partial charge in [-0.3, -0.25) is 4.79 Å². The Kier molecular flexibility index (Phi) is 2.21. The van der Waals surface area contributed by atoms with Crippen molar-refractivity contribution in [2.75, 3.05) is 25.0 Å². The summed E-state index contributed by atoms with van der Waals surface area (Å²) < 4.78 is 1.79. The molecule has 1 aliphatic rings. The predicted octanol–water partition coefficient (Wildman–Crippen LogP) is -0.0885. The number of aromatic nitrogens is 3. The third-order valence-corrected chi connectivity index (χ3v) is 3.10. The van der Waals surface area contributed by atoms with Gasteiger partial charge in [0.05, 0.1) is 12.1 Å². The van der Waals surface area contributed by atoms with Crippen molar-refractivity contribution in [3.63, 3.8) is 0 Å². The van der Waals surface area contributed by atoms with Crippen LogP contribution in [0.25, 0.3) is 5.52 Å². The minimum Gasteiger partial charge on any atom is -0.359 e. The van der Waals surface area contributed by atoms with Gasteiger partial charge in [0, 0.05) is 32.5 Å². The molecule has 6 heteroatoms. The van der Waals surface area contributed by atoms with Crippen LogP contribution in [0.2, 0.25) is 0 Å². The molecule has 0 atom stereocenters. The molecule has 0 spiro atoms. The van der Waals surface area contributed by atoms with Crippen molar-refractivity contribution < 1.29 is 4.79 Å². The van der Waals surface area contributed by atoms with Gasteiger partial charge in [-0.2, -0.15) is 5.10 Å². The lowest BCUT2D eigenvalue weighted by Gasteiger charge is -2.38. The van der Waals surface area contributed by atoms with E-state index in [2.05, 4.69) is 20.3 Å². The normalized spacial score (nSPS) is 15.9. The number of hydrogen-bond donors (Lipinski definition) is 1. The number of carbonyl (C=O) groups is 1. The van der Waals surface area contributed by atoms with E-state index in [0.29, 0.717) is 0 Å². The van der Waals surface area contributed by atoms with Crippen LogP contribution < -0.4 is 10.2 Å². The van der Waals surface area contributed by atoms with Gasteiger partial charge >= 0.3 is 0 Å². The Hall–Kier alpha value is -2.11. The van der Waals surface area contributed by atoms with Crippen LogP contribution in [0.4, 0.5) is 5.82 Å². The maximum atomic E-state index is 11.4. The number of carbonyl (C=O) groups excluding carboxylic acids is 1. The molecule has 3 rings (SSSR count). The summed E-state index contributed by atoms with van der Waals surface area (Å²) in [7, 11) is 1.67. The second kappa shape index (κ2) is 3.73. The number of amides is 1. The van der Waals surface area contributed by atoms with Crippen molar-refractivity contribution in [3.05, 3.63) is 24.7 Å². The fraction of sp³-hybridized carbons (Fsp3) is 0.364. The van der Waals surface area contributed by atoms with E-state index in [1.807, 2.05) is 12.3 Å². The summed E-state index contributed by atoms with van der Waals surface area (Å²) >= 11 is 0. The molecule has 0 radical (unpaired) electrons. The molecule has 88 valence electrons. The summed E-state index contributed by atoms with van der Waals surface area (Å²) in [5.74, 6) is 1.07. The Morgan fingerprint density at radius 1 is 1.47 bits per heavy atom. The van der Waals surface area contributed by atoms with Crippen LogP contribution in [0.3, 0.4) is 0 Å². The van der Waals surface area contributed by atoms with Crippen LogP contribution >= 0.6 is 0 Å². The van der Waals surface area contributed by atoms with Crippen LogP contribution in [0.5, 0.6) is 0 Å². The quantitative estimate of drug-likeness (QED) is 0.784. The van der Waals surface area contributed by atoms with E-state index in [4.69, 9.17) is 0 Å². The lowest BCUT2D eigenvalue weighted by molar-refractivity contribution is -0.125. The Labute approximate surface area is 98.2 Å². The van der Waals surface area contributed by atoms with Gasteiger partial charge in [-0.05, 0) is 6.07 Å². The van der Waals surface area contributed by atoms with E-state index in [-0.39, 0.29) is 11.8 Å². The van der Waals surface area contributed by atoms with Crippen LogP contribution in [0, 0.1) is 5.92 Å². The zero-order chi connectivity index (χ0) is 11.8. The van der Waals surface area contributed by atoms with E-state index in [0.717, 1.165) is 24.4 Å². The van der Waals surface area contributed by atoms with Crippen molar-refractivity contribution in [1.82, 2.24) is 19.9 Å². The molecule has 1 saturated heterocycles. The van der Waals surface area contributed by atoms with Gasteiger partial charge in [0.1, 0.15) is 5.52 Å². The molecule has 0 unspecified atom stereocenters. The Morgan fingerprint density at radius 2 is 2.29 bits per heavy atom. The first-order valence-electron chi connectivity index (χ1n) is 5.54. The monoisotopic (exact) mass is 231 g/mol. The highest BCUT2D eigenvalue weighted by Crippen LogP contribution is 2.26. The highest BCUT2D eigenvalue weighted by Gasteiger charge is 2.33. The highest BCUT2D eigenvalue weighted by molar-refractivity contribution is 5.82. The van der Waals surface area contributed by atoms with Crippen molar-refractivity contribution >= 4 is 17.2 Å². The molecular formula is C11H13N5O. The summed E-state index contributed by atoms with van der Waals surface area (Å²) in [6, 6.07) is 1.93. The summed E-state index contributed by atoms with van der Waals surface area (Å²) in [6.07, 6.45) is 5.29. The summed E-state index contributed by atoms with van der Waals surface area (Å²) in [5.41, 5.74) is 0.975. The molecule has 0 aliphatic carbocycles. The fourth-order valence-electron chi connectivity index (χ4n) is 2.11. The van der Waals surface area contributed by atoms with Crippen LogP contribution in [-0.4, -0.2) is 40.6 Å². The van der Waals surface area contributed by atoms with E-state index in [9.17, 15) is 4.79 Å². The predicted molar refractivity (Wildman–Crippen MR) is 62.8 cm³/mol. The third kappa shape index (κ3) is 1.52. The molecule has 1 fully saturated rings. The first-order chi connectivity index (χ1) is 8.29. The van der Waals surface area contributed by atoms with Crippen molar-refractivity contribution in [2.24, 2.45) is 5.92 Å². The second-order valence-electron chi connectivity index (χ2n) is 4.13. The molecular weight excluding hydrogens is 218 g/mol. The minimum absolute atomic E-state index is 0.0741. The molecule has 0 bridgehead atoms. The van der Waals surface area contributed by atoms with E-state index < -0.39 is 0 Å². The average molecular weight is 231 g/mol. The molecule has 2 aromatic heterocycles. The van der Waals surface area contributed by atoms with E-state index in [1.54, 1.807) is 24.0 Å². The molecule has 1 aliphatic heterocycles. The largest absolute Gasteiger partial charge is 0.359 e. The van der Waals surface area contributed by atoms with Gasteiger partial charge in [-0.1, -0.05) is 0 Å². The van der Waals surface area contributed by atoms with Gasteiger partial charge in [0.15, 0.2) is 5.82 Å². The summed E-state index contributed by atoms with van der Waals surface area (Å²) in [5, 5.41) is 6.83.